The molecule has 1 heterocycles. The van der Waals surface area contributed by atoms with Crippen LogP contribution in [0.1, 0.15) is 40.0 Å². The van der Waals surface area contributed by atoms with E-state index in [1.165, 1.54) is 24.1 Å². The number of aryl methyl sites for hydroxylation is 2. The molecule has 0 saturated carbocycles. The van der Waals surface area contributed by atoms with E-state index >= 15 is 0 Å². The number of nitrogens with one attached hydrogen (secondary N) is 1. The van der Waals surface area contributed by atoms with E-state index in [0.29, 0.717) is 12.1 Å². The molecule has 5 nitrogen and oxygen atoms in total. The lowest BCUT2D eigenvalue weighted by atomic mass is 9.95. The van der Waals surface area contributed by atoms with Gasteiger partial charge < -0.3 is 14.6 Å². The molecule has 1 aliphatic rings. The molecule has 3 aromatic rings. The number of aromatic amines is 1. The number of fused-ring (bicyclic) bond motifs is 3. The van der Waals surface area contributed by atoms with Gasteiger partial charge in [-0.2, -0.15) is 0 Å². The largest absolute Gasteiger partial charge is 0.452 e. The van der Waals surface area contributed by atoms with Crippen molar-refractivity contribution in [3.63, 3.8) is 0 Å². The summed E-state index contributed by atoms with van der Waals surface area (Å²) in [7, 11) is 1.71. The molecule has 0 bridgehead atoms. The Bertz CT molecular complexity index is 1010. The number of esters is 1. The van der Waals surface area contributed by atoms with Crippen molar-refractivity contribution >= 4 is 22.8 Å². The van der Waals surface area contributed by atoms with Gasteiger partial charge in [0.1, 0.15) is 0 Å². The smallest absolute Gasteiger partial charge is 0.338 e. The Kier molecular flexibility index (Phi) is 5.15. The molecule has 1 amide bonds. The molecular weight excluding hydrogens is 352 g/mol. The molecule has 0 spiro atoms. The van der Waals surface area contributed by atoms with Crippen LogP contribution in [0.5, 0.6) is 0 Å². The molecular formula is C23H24N2O3. The quantitative estimate of drug-likeness (QED) is 0.688. The van der Waals surface area contributed by atoms with Crippen molar-refractivity contribution in [2.75, 3.05) is 13.7 Å². The van der Waals surface area contributed by atoms with E-state index in [2.05, 4.69) is 4.98 Å². The highest BCUT2D eigenvalue weighted by Crippen LogP contribution is 2.29. The average Bonchev–Trinajstić information content (AvgIpc) is 3.10. The molecule has 0 unspecified atom stereocenters. The van der Waals surface area contributed by atoms with E-state index < -0.39 is 5.97 Å². The highest BCUT2D eigenvalue weighted by Gasteiger charge is 2.18. The summed E-state index contributed by atoms with van der Waals surface area (Å²) in [6.45, 7) is 0.226. The van der Waals surface area contributed by atoms with Crippen molar-refractivity contribution in [3.8, 4) is 0 Å². The minimum absolute atomic E-state index is 0.225. The standard InChI is InChI=1S/C23H24N2O3/c1-25(14-16-7-3-2-4-8-16)22(26)15-28-23(27)17-11-12-21-19(13-17)18-9-5-6-10-20(18)24-21/h2-4,7-8,11-13,24H,5-6,9-10,14-15H2,1H3. The van der Waals surface area contributed by atoms with Gasteiger partial charge in [0.05, 0.1) is 5.56 Å². The SMILES string of the molecule is CN(Cc1ccccc1)C(=O)COC(=O)c1ccc2[nH]c3c(c2c1)CCCC3. The van der Waals surface area contributed by atoms with Crippen molar-refractivity contribution in [1.29, 1.82) is 0 Å². The highest BCUT2D eigenvalue weighted by atomic mass is 16.5. The zero-order chi connectivity index (χ0) is 19.5. The van der Waals surface area contributed by atoms with Crippen LogP contribution in [0.4, 0.5) is 0 Å². The van der Waals surface area contributed by atoms with Crippen LogP contribution in [0.25, 0.3) is 10.9 Å². The van der Waals surface area contributed by atoms with Gasteiger partial charge in [0.15, 0.2) is 6.61 Å². The lowest BCUT2D eigenvalue weighted by Crippen LogP contribution is -2.30. The number of carbonyl (C=O) groups is 2. The summed E-state index contributed by atoms with van der Waals surface area (Å²) < 4.78 is 5.28. The molecule has 1 aromatic heterocycles. The number of benzene rings is 2. The number of carbonyl (C=O) groups excluding carboxylic acids is 2. The van der Waals surface area contributed by atoms with E-state index in [0.717, 1.165) is 29.3 Å². The fraction of sp³-hybridized carbons (Fsp3) is 0.304. The number of nitrogens with zero attached hydrogens (tertiary/aromatic N) is 1. The number of amides is 1. The minimum Gasteiger partial charge on any atom is -0.452 e. The molecule has 1 aliphatic carbocycles. The minimum atomic E-state index is -0.464. The van der Waals surface area contributed by atoms with Crippen molar-refractivity contribution in [2.24, 2.45) is 0 Å². The summed E-state index contributed by atoms with van der Waals surface area (Å²) in [5.41, 5.74) is 5.17. The molecule has 4 rings (SSSR count). The summed E-state index contributed by atoms with van der Waals surface area (Å²) in [4.78, 5) is 29.8. The van der Waals surface area contributed by atoms with Crippen molar-refractivity contribution in [3.05, 3.63) is 70.9 Å². The summed E-state index contributed by atoms with van der Waals surface area (Å²) >= 11 is 0. The molecule has 5 heteroatoms. The lowest BCUT2D eigenvalue weighted by molar-refractivity contribution is -0.133. The number of likely N-dealkylation sites (N-methyl/N-ethyl adjacent to an activating group) is 1. The molecule has 0 saturated heterocycles. The van der Waals surface area contributed by atoms with Gasteiger partial charge in [0.25, 0.3) is 5.91 Å². The number of H-pyrrole nitrogens is 1. The first-order valence-electron chi connectivity index (χ1n) is 9.70. The molecule has 144 valence electrons. The molecule has 0 radical (unpaired) electrons. The van der Waals surface area contributed by atoms with Gasteiger partial charge in [-0.3, -0.25) is 4.79 Å². The first-order valence-corrected chi connectivity index (χ1v) is 9.70. The third kappa shape index (κ3) is 3.79. The molecule has 2 aromatic carbocycles. The predicted octanol–water partition coefficient (Wildman–Crippen LogP) is 3.86. The van der Waals surface area contributed by atoms with Gasteiger partial charge in [-0.15, -0.1) is 0 Å². The van der Waals surface area contributed by atoms with Crippen LogP contribution in [0.2, 0.25) is 0 Å². The average molecular weight is 376 g/mol. The zero-order valence-corrected chi connectivity index (χ0v) is 16.0. The summed E-state index contributed by atoms with van der Waals surface area (Å²) in [6, 6.07) is 15.3. The topological polar surface area (TPSA) is 62.4 Å². The van der Waals surface area contributed by atoms with Crippen LogP contribution in [-0.2, 0) is 28.9 Å². The van der Waals surface area contributed by atoms with E-state index in [1.807, 2.05) is 42.5 Å². The Hall–Kier alpha value is -3.08. The third-order valence-corrected chi connectivity index (χ3v) is 5.35. The van der Waals surface area contributed by atoms with Gasteiger partial charge in [-0.25, -0.2) is 4.79 Å². The van der Waals surface area contributed by atoms with Gasteiger partial charge in [0.2, 0.25) is 0 Å². The molecule has 1 N–H and O–H groups in total. The first kappa shape index (κ1) is 18.3. The van der Waals surface area contributed by atoms with Crippen LogP contribution in [0.15, 0.2) is 48.5 Å². The predicted molar refractivity (Wildman–Crippen MR) is 108 cm³/mol. The molecule has 0 aliphatic heterocycles. The Labute approximate surface area is 164 Å². The fourth-order valence-electron chi connectivity index (χ4n) is 3.80. The summed E-state index contributed by atoms with van der Waals surface area (Å²) in [5, 5.41) is 1.09. The van der Waals surface area contributed by atoms with Crippen molar-refractivity contribution in [1.82, 2.24) is 9.88 Å². The van der Waals surface area contributed by atoms with Crippen LogP contribution in [0, 0.1) is 0 Å². The first-order chi connectivity index (χ1) is 13.6. The second-order valence-electron chi connectivity index (χ2n) is 7.36. The van der Waals surface area contributed by atoms with Crippen LogP contribution in [0.3, 0.4) is 0 Å². The van der Waals surface area contributed by atoms with Gasteiger partial charge in [-0.05, 0) is 55.0 Å². The van der Waals surface area contributed by atoms with Crippen LogP contribution < -0.4 is 0 Å². The van der Waals surface area contributed by atoms with Gasteiger partial charge in [0, 0.05) is 30.2 Å². The van der Waals surface area contributed by atoms with Crippen molar-refractivity contribution < 1.29 is 14.3 Å². The molecule has 28 heavy (non-hydrogen) atoms. The van der Waals surface area contributed by atoms with Crippen LogP contribution >= 0.6 is 0 Å². The molecule has 0 fully saturated rings. The van der Waals surface area contributed by atoms with E-state index in [-0.39, 0.29) is 12.5 Å². The maximum atomic E-state index is 12.5. The number of hydrogen-bond donors (Lipinski definition) is 1. The fourth-order valence-corrected chi connectivity index (χ4v) is 3.80. The molecule has 0 atom stereocenters. The van der Waals surface area contributed by atoms with Crippen molar-refractivity contribution in [2.45, 2.75) is 32.2 Å². The summed E-state index contributed by atoms with van der Waals surface area (Å²) in [5.74, 6) is -0.688. The van der Waals surface area contributed by atoms with Crippen LogP contribution in [-0.4, -0.2) is 35.4 Å². The second-order valence-corrected chi connectivity index (χ2v) is 7.36. The zero-order valence-electron chi connectivity index (χ0n) is 16.0. The van der Waals surface area contributed by atoms with E-state index in [1.54, 1.807) is 18.0 Å². The van der Waals surface area contributed by atoms with Gasteiger partial charge >= 0.3 is 5.97 Å². The highest BCUT2D eigenvalue weighted by molar-refractivity contribution is 5.97. The number of hydrogen-bond acceptors (Lipinski definition) is 3. The van der Waals surface area contributed by atoms with E-state index in [4.69, 9.17) is 4.74 Å². The van der Waals surface area contributed by atoms with Gasteiger partial charge in [-0.1, -0.05) is 30.3 Å². The normalized spacial score (nSPS) is 13.2. The second kappa shape index (κ2) is 7.89. The lowest BCUT2D eigenvalue weighted by Gasteiger charge is -2.17. The Balaban J connectivity index is 1.40. The Morgan fingerprint density at radius 1 is 1.07 bits per heavy atom. The Morgan fingerprint density at radius 2 is 1.86 bits per heavy atom. The third-order valence-electron chi connectivity index (χ3n) is 5.35. The number of aromatic nitrogens is 1. The number of rotatable bonds is 5. The number of ether oxygens (including phenoxy) is 1. The Morgan fingerprint density at radius 3 is 2.68 bits per heavy atom. The van der Waals surface area contributed by atoms with E-state index in [9.17, 15) is 9.59 Å². The maximum absolute atomic E-state index is 12.5. The maximum Gasteiger partial charge on any atom is 0.338 e. The summed E-state index contributed by atoms with van der Waals surface area (Å²) in [6.07, 6.45) is 4.48. The monoisotopic (exact) mass is 376 g/mol.